The van der Waals surface area contributed by atoms with Gasteiger partial charge in [-0.3, -0.25) is 19.8 Å². The van der Waals surface area contributed by atoms with Gasteiger partial charge in [-0.1, -0.05) is 32.9 Å². The topological polar surface area (TPSA) is 95.9 Å². The van der Waals surface area contributed by atoms with Crippen LogP contribution >= 0.6 is 11.3 Å². The van der Waals surface area contributed by atoms with Crippen LogP contribution in [0.4, 0.5) is 5.69 Å². The maximum atomic E-state index is 12.5. The average molecular weight is 523 g/mol. The van der Waals surface area contributed by atoms with Crippen LogP contribution in [0.2, 0.25) is 0 Å². The minimum Gasteiger partial charge on any atom is -0.335 e. The number of carbonyl (C=O) groups is 1. The first kappa shape index (κ1) is 25.5. The van der Waals surface area contributed by atoms with E-state index in [0.717, 1.165) is 50.1 Å². The second-order valence-corrected chi connectivity index (χ2v) is 11.3. The number of fused-ring (bicyclic) bond motifs is 1. The third-order valence-electron chi connectivity index (χ3n) is 6.21. The molecule has 192 valence electrons. The third kappa shape index (κ3) is 5.40. The number of H-pyrrole nitrogens is 1. The number of aromatic amines is 1. The van der Waals surface area contributed by atoms with Crippen LogP contribution < -0.4 is 5.32 Å². The number of aromatic nitrogens is 4. The van der Waals surface area contributed by atoms with E-state index in [4.69, 9.17) is 4.98 Å². The van der Waals surface area contributed by atoms with E-state index in [-0.39, 0.29) is 11.3 Å². The number of nitrogens with one attached hydrogen (secondary N) is 2. The Morgan fingerprint density at radius 2 is 1.84 bits per heavy atom. The van der Waals surface area contributed by atoms with E-state index in [9.17, 15) is 4.79 Å². The van der Waals surface area contributed by atoms with Crippen molar-refractivity contribution in [2.24, 2.45) is 10.4 Å². The first-order valence-electron chi connectivity index (χ1n) is 12.4. The number of rotatable bonds is 6. The molecule has 0 radical (unpaired) electrons. The second kappa shape index (κ2) is 10.3. The molecule has 38 heavy (non-hydrogen) atoms. The van der Waals surface area contributed by atoms with Crippen molar-refractivity contribution in [3.05, 3.63) is 82.8 Å². The summed E-state index contributed by atoms with van der Waals surface area (Å²) in [6, 6.07) is 10.2. The molecule has 0 unspecified atom stereocenters. The molecule has 2 N–H and O–H groups in total. The van der Waals surface area contributed by atoms with Crippen LogP contribution in [0, 0.1) is 12.3 Å². The maximum Gasteiger partial charge on any atom is 0.224 e. The summed E-state index contributed by atoms with van der Waals surface area (Å²) in [5, 5.41) is 7.13. The molecule has 0 atom stereocenters. The van der Waals surface area contributed by atoms with Crippen LogP contribution in [0.3, 0.4) is 0 Å². The number of carbonyl (C=O) groups excluding carboxylic acids is 1. The van der Waals surface area contributed by atoms with Gasteiger partial charge >= 0.3 is 0 Å². The van der Waals surface area contributed by atoms with E-state index in [1.807, 2.05) is 33.0 Å². The molecule has 1 aromatic carbocycles. The Morgan fingerprint density at radius 3 is 2.58 bits per heavy atom. The molecule has 7 nitrogen and oxygen atoms in total. The number of nitrogens with zero attached hydrogens (tertiary/aromatic N) is 4. The Hall–Kier alpha value is -4.17. The lowest BCUT2D eigenvalue weighted by Gasteiger charge is -2.17. The number of thiophene rings is 1. The molecular weight excluding hydrogens is 492 g/mol. The number of aryl methyl sites for hydroxylation is 1. The second-order valence-electron chi connectivity index (χ2n) is 10.5. The monoisotopic (exact) mass is 522 g/mol. The molecule has 8 heteroatoms. The van der Waals surface area contributed by atoms with Gasteiger partial charge in [0.05, 0.1) is 23.6 Å². The molecule has 5 aromatic rings. The lowest BCUT2D eigenvalue weighted by atomic mass is 9.92. The minimum atomic E-state index is -0.0892. The smallest absolute Gasteiger partial charge is 0.224 e. The quantitative estimate of drug-likeness (QED) is 0.237. The van der Waals surface area contributed by atoms with Gasteiger partial charge < -0.3 is 10.3 Å². The zero-order valence-corrected chi connectivity index (χ0v) is 23.0. The molecule has 0 aliphatic rings. The van der Waals surface area contributed by atoms with E-state index in [2.05, 4.69) is 67.2 Å². The van der Waals surface area contributed by atoms with Gasteiger partial charge in [0.1, 0.15) is 11.2 Å². The highest BCUT2D eigenvalue weighted by atomic mass is 32.1. The predicted octanol–water partition coefficient (Wildman–Crippen LogP) is 6.90. The van der Waals surface area contributed by atoms with E-state index in [0.29, 0.717) is 17.9 Å². The van der Waals surface area contributed by atoms with Crippen molar-refractivity contribution in [2.45, 2.75) is 34.1 Å². The van der Waals surface area contributed by atoms with E-state index in [1.165, 1.54) is 0 Å². The van der Waals surface area contributed by atoms with Gasteiger partial charge in [0.15, 0.2) is 5.82 Å². The van der Waals surface area contributed by atoms with E-state index < -0.39 is 0 Å². The zero-order chi connectivity index (χ0) is 26.9. The Labute approximate surface area is 226 Å². The van der Waals surface area contributed by atoms with Crippen molar-refractivity contribution in [3.8, 4) is 22.3 Å². The van der Waals surface area contributed by atoms with Gasteiger partial charge in [-0.05, 0) is 58.0 Å². The van der Waals surface area contributed by atoms with Gasteiger partial charge in [-0.25, -0.2) is 4.98 Å². The molecule has 0 spiro atoms. The first-order chi connectivity index (χ1) is 18.2. The Kier molecular flexibility index (Phi) is 6.91. The highest BCUT2D eigenvalue weighted by Gasteiger charge is 2.18. The van der Waals surface area contributed by atoms with E-state index in [1.54, 1.807) is 37.0 Å². The number of hydrogen-bond donors (Lipinski definition) is 2. The molecule has 0 aliphatic heterocycles. The van der Waals surface area contributed by atoms with Gasteiger partial charge in [-0.2, -0.15) is 11.3 Å². The summed E-state index contributed by atoms with van der Waals surface area (Å²) in [5.41, 5.74) is 9.09. The predicted molar refractivity (Wildman–Crippen MR) is 156 cm³/mol. The van der Waals surface area contributed by atoms with Gasteiger partial charge in [0, 0.05) is 42.6 Å². The molecule has 0 saturated carbocycles. The maximum absolute atomic E-state index is 12.5. The molecule has 4 heterocycles. The fraction of sp³-hybridized carbons (Fsp3) is 0.233. The number of pyridine rings is 2. The molecule has 1 amide bonds. The standard InChI is InChI=1S/C30H30N6OS/c1-18-6-7-19(21-10-22(14-32-13-21)34-26(37)12-30(2,3)4)11-23(18)28(31-5)29-35-25-16-33-15-24(27(25)36-29)20-8-9-38-17-20/h6-11,13-17H,12H2,1-5H3,(H,34,37)(H,35,36). The Morgan fingerprint density at radius 1 is 1.03 bits per heavy atom. The Balaban J connectivity index is 1.49. The number of amides is 1. The SMILES string of the molecule is CN=C(c1nc2c(-c3ccsc3)cncc2[nH]1)c1cc(-c2cncc(NC(=O)CC(C)(C)C)c2)ccc1C. The van der Waals surface area contributed by atoms with Crippen LogP contribution in [-0.4, -0.2) is 38.6 Å². The van der Waals surface area contributed by atoms with Gasteiger partial charge in [-0.15, -0.1) is 0 Å². The summed E-state index contributed by atoms with van der Waals surface area (Å²) in [6.45, 7) is 8.20. The highest BCUT2D eigenvalue weighted by molar-refractivity contribution is 7.08. The van der Waals surface area contributed by atoms with Crippen molar-refractivity contribution in [2.75, 3.05) is 12.4 Å². The summed E-state index contributed by atoms with van der Waals surface area (Å²) < 4.78 is 0. The molecule has 4 aromatic heterocycles. The number of benzene rings is 1. The van der Waals surface area contributed by atoms with Gasteiger partial charge in [0.2, 0.25) is 5.91 Å². The zero-order valence-electron chi connectivity index (χ0n) is 22.2. The van der Waals surface area contributed by atoms with Crippen molar-refractivity contribution in [3.63, 3.8) is 0 Å². The van der Waals surface area contributed by atoms with Crippen molar-refractivity contribution >= 4 is 39.7 Å². The molecule has 5 rings (SSSR count). The number of imidazole rings is 1. The summed E-state index contributed by atoms with van der Waals surface area (Å²) in [7, 11) is 1.78. The molecule has 0 saturated heterocycles. The summed E-state index contributed by atoms with van der Waals surface area (Å²) >= 11 is 1.65. The fourth-order valence-corrected chi connectivity index (χ4v) is 5.09. The Bertz CT molecular complexity index is 1640. The van der Waals surface area contributed by atoms with Crippen LogP contribution in [0.5, 0.6) is 0 Å². The van der Waals surface area contributed by atoms with Crippen LogP contribution in [0.15, 0.2) is 70.9 Å². The van der Waals surface area contributed by atoms with E-state index >= 15 is 0 Å². The summed E-state index contributed by atoms with van der Waals surface area (Å²) in [6.07, 6.45) is 7.55. The summed E-state index contributed by atoms with van der Waals surface area (Å²) in [5.74, 6) is 0.663. The normalized spacial score (nSPS) is 12.2. The van der Waals surface area contributed by atoms with Crippen LogP contribution in [0.1, 0.15) is 44.1 Å². The fourth-order valence-electron chi connectivity index (χ4n) is 4.44. The molecule has 0 fully saturated rings. The largest absolute Gasteiger partial charge is 0.335 e. The summed E-state index contributed by atoms with van der Waals surface area (Å²) in [4.78, 5) is 34.3. The van der Waals surface area contributed by atoms with Crippen molar-refractivity contribution < 1.29 is 4.79 Å². The lowest BCUT2D eigenvalue weighted by Crippen LogP contribution is -2.19. The molecule has 0 bridgehead atoms. The number of hydrogen-bond acceptors (Lipinski definition) is 6. The van der Waals surface area contributed by atoms with Crippen molar-refractivity contribution in [1.82, 2.24) is 19.9 Å². The van der Waals surface area contributed by atoms with Crippen LogP contribution in [-0.2, 0) is 4.79 Å². The number of aliphatic imine (C=N–C) groups is 1. The molecular formula is C30H30N6OS. The first-order valence-corrected chi connectivity index (χ1v) is 13.4. The highest BCUT2D eigenvalue weighted by Crippen LogP contribution is 2.30. The number of anilines is 1. The van der Waals surface area contributed by atoms with Crippen molar-refractivity contribution in [1.29, 1.82) is 0 Å². The molecule has 0 aliphatic carbocycles. The van der Waals surface area contributed by atoms with Crippen LogP contribution in [0.25, 0.3) is 33.3 Å². The third-order valence-corrected chi connectivity index (χ3v) is 6.90. The minimum absolute atomic E-state index is 0.0253. The lowest BCUT2D eigenvalue weighted by molar-refractivity contribution is -0.117. The van der Waals surface area contributed by atoms with Gasteiger partial charge in [0.25, 0.3) is 0 Å². The average Bonchev–Trinajstić information content (AvgIpc) is 3.55.